The van der Waals surface area contributed by atoms with Gasteiger partial charge in [0.15, 0.2) is 0 Å². The maximum atomic E-state index is 14.2. The molecule has 0 saturated carbocycles. The van der Waals surface area contributed by atoms with Gasteiger partial charge in [0.1, 0.15) is 22.6 Å². The largest absolute Gasteiger partial charge is 0.499 e. The number of aliphatic imine (C=N–C) groups is 1. The number of sulfone groups is 1. The predicted octanol–water partition coefficient (Wildman–Crippen LogP) is 2.17. The number of alkyl halides is 1. The first-order chi connectivity index (χ1) is 17.3. The van der Waals surface area contributed by atoms with E-state index in [0.29, 0.717) is 36.2 Å². The highest BCUT2D eigenvalue weighted by molar-refractivity contribution is 8.05. The molecule has 0 radical (unpaired) electrons. The molecule has 1 N–H and O–H groups in total. The van der Waals surface area contributed by atoms with Crippen molar-refractivity contribution in [3.8, 4) is 0 Å². The second-order valence-electron chi connectivity index (χ2n) is 10.0. The van der Waals surface area contributed by atoms with Crippen LogP contribution < -0.4 is 5.32 Å². The maximum absolute atomic E-state index is 14.2. The normalized spacial score (nSPS) is 32.3. The van der Waals surface area contributed by atoms with Crippen LogP contribution in [0.2, 0.25) is 0 Å². The zero-order chi connectivity index (χ0) is 27.3. The molecule has 37 heavy (non-hydrogen) atoms. The molecule has 0 bridgehead atoms. The Bertz CT molecular complexity index is 1230. The molecule has 0 aromatic carbocycles. The van der Waals surface area contributed by atoms with Crippen LogP contribution >= 0.6 is 23.2 Å². The highest BCUT2D eigenvalue weighted by Gasteiger charge is 2.54. The van der Waals surface area contributed by atoms with Gasteiger partial charge < -0.3 is 24.6 Å². The van der Waals surface area contributed by atoms with E-state index in [1.807, 2.05) is 0 Å². The molecular weight excluding hydrogens is 543 g/mol. The lowest BCUT2D eigenvalue weighted by atomic mass is 9.72. The number of likely N-dealkylation sites (tertiary alicyclic amines) is 2. The lowest BCUT2D eigenvalue weighted by molar-refractivity contribution is -0.142. The number of methoxy groups -OCH3 is 2. The summed E-state index contributed by atoms with van der Waals surface area (Å²) in [4.78, 5) is 32.7. The van der Waals surface area contributed by atoms with Gasteiger partial charge in [-0.25, -0.2) is 13.4 Å². The van der Waals surface area contributed by atoms with Gasteiger partial charge in [-0.2, -0.15) is 0 Å². The van der Waals surface area contributed by atoms with Crippen LogP contribution in [0, 0.1) is 17.8 Å². The van der Waals surface area contributed by atoms with Gasteiger partial charge in [0.05, 0.1) is 25.2 Å². The number of amides is 2. The van der Waals surface area contributed by atoms with Crippen LogP contribution in [0.3, 0.4) is 0 Å². The first kappa shape index (κ1) is 27.8. The Hall–Kier alpha value is -2.24. The Morgan fingerprint density at radius 3 is 2.59 bits per heavy atom. The number of halogens is 2. The molecule has 3 heterocycles. The van der Waals surface area contributed by atoms with Crippen molar-refractivity contribution >= 4 is 50.0 Å². The topological polar surface area (TPSA) is 118 Å². The number of piperidine rings is 1. The minimum Gasteiger partial charge on any atom is -0.499 e. The van der Waals surface area contributed by atoms with Crippen molar-refractivity contribution in [2.45, 2.75) is 37.7 Å². The summed E-state index contributed by atoms with van der Waals surface area (Å²) in [6, 6.07) is 0. The number of fused-ring (bicyclic) bond motifs is 1. The van der Waals surface area contributed by atoms with Crippen LogP contribution in [0.15, 0.2) is 39.4 Å². The summed E-state index contributed by atoms with van der Waals surface area (Å²) in [7, 11) is -0.655. The predicted molar refractivity (Wildman–Crippen MR) is 140 cm³/mol. The number of hydrogen-bond acceptors (Lipinski definition) is 8. The highest BCUT2D eigenvalue weighted by Crippen LogP contribution is 2.51. The van der Waals surface area contributed by atoms with E-state index in [1.165, 1.54) is 21.1 Å². The second-order valence-corrected chi connectivity index (χ2v) is 13.2. The van der Waals surface area contributed by atoms with Crippen molar-refractivity contribution in [2.75, 3.05) is 40.1 Å². The average molecular weight is 576 g/mol. The standard InChI is InChI=1S/C24H32Cl2N4O6S/c1-13(31)29-7-6-14(11-29)12-30-21-15(10-27-23(28-21)37(5,33)34)8-16(22(30)32)19-20(25)17(35-3)9-18(36-4)24(19,2)26/h9-10,14,16,19,21H,6-8,11-12H2,1-5H3,(H,27,28)/t14-,16?,19?,21?,24?/m1/s1. The van der Waals surface area contributed by atoms with E-state index in [-0.39, 0.29) is 29.3 Å². The van der Waals surface area contributed by atoms with Gasteiger partial charge in [-0.15, -0.1) is 11.6 Å². The van der Waals surface area contributed by atoms with Gasteiger partial charge in [-0.05, 0) is 31.3 Å². The molecule has 2 amide bonds. The van der Waals surface area contributed by atoms with Crippen molar-refractivity contribution in [3.63, 3.8) is 0 Å². The molecule has 204 valence electrons. The molecular formula is C24H32Cl2N4O6S. The molecule has 5 atom stereocenters. The third kappa shape index (κ3) is 5.09. The minimum atomic E-state index is -3.63. The average Bonchev–Trinajstić information content (AvgIpc) is 3.29. The lowest BCUT2D eigenvalue weighted by Gasteiger charge is -2.47. The number of hydrogen-bond donors (Lipinski definition) is 1. The number of ether oxygens (including phenoxy) is 2. The molecule has 4 rings (SSSR count). The maximum Gasteiger partial charge on any atom is 0.228 e. The van der Waals surface area contributed by atoms with Crippen molar-refractivity contribution in [2.24, 2.45) is 22.7 Å². The Labute approximate surface area is 227 Å². The lowest BCUT2D eigenvalue weighted by Crippen LogP contribution is -2.56. The summed E-state index contributed by atoms with van der Waals surface area (Å²) in [6.45, 7) is 4.70. The van der Waals surface area contributed by atoms with Gasteiger partial charge in [0.25, 0.3) is 0 Å². The highest BCUT2D eigenvalue weighted by atomic mass is 35.5. The summed E-state index contributed by atoms with van der Waals surface area (Å²) >= 11 is 13.8. The van der Waals surface area contributed by atoms with Crippen LogP contribution in [0.4, 0.5) is 0 Å². The Morgan fingerprint density at radius 2 is 2.03 bits per heavy atom. The number of carbonyl (C=O) groups excluding carboxylic acids is 2. The summed E-state index contributed by atoms with van der Waals surface area (Å²) < 4.78 is 35.5. The van der Waals surface area contributed by atoms with Crippen molar-refractivity contribution in [1.29, 1.82) is 0 Å². The van der Waals surface area contributed by atoms with Gasteiger partial charge in [-0.1, -0.05) is 11.6 Å². The van der Waals surface area contributed by atoms with Gasteiger partial charge in [0, 0.05) is 51.0 Å². The number of nitrogens with one attached hydrogen (secondary N) is 1. The van der Waals surface area contributed by atoms with E-state index in [0.717, 1.165) is 18.2 Å². The molecule has 2 fully saturated rings. The molecule has 2 saturated heterocycles. The van der Waals surface area contributed by atoms with Crippen LogP contribution in [0.25, 0.3) is 0 Å². The number of nitrogens with zero attached hydrogens (tertiary/aromatic N) is 3. The molecule has 0 aromatic heterocycles. The van der Waals surface area contributed by atoms with E-state index in [9.17, 15) is 18.0 Å². The monoisotopic (exact) mass is 574 g/mol. The molecule has 10 nitrogen and oxygen atoms in total. The molecule has 4 aliphatic rings. The quantitative estimate of drug-likeness (QED) is 0.500. The molecule has 13 heteroatoms. The summed E-state index contributed by atoms with van der Waals surface area (Å²) in [5, 5.41) is 2.89. The Balaban J connectivity index is 1.74. The van der Waals surface area contributed by atoms with Gasteiger partial charge in [-0.3, -0.25) is 9.59 Å². The fraction of sp³-hybridized carbons (Fsp3) is 0.625. The first-order valence-corrected chi connectivity index (χ1v) is 14.6. The van der Waals surface area contributed by atoms with Crippen LogP contribution in [-0.2, 0) is 28.9 Å². The first-order valence-electron chi connectivity index (χ1n) is 12.0. The fourth-order valence-corrected chi connectivity index (χ4v) is 7.13. The zero-order valence-corrected chi connectivity index (χ0v) is 23.8. The van der Waals surface area contributed by atoms with Crippen molar-refractivity contribution in [3.05, 3.63) is 34.4 Å². The third-order valence-corrected chi connectivity index (χ3v) is 9.29. The number of amidine groups is 1. The zero-order valence-electron chi connectivity index (χ0n) is 21.5. The smallest absolute Gasteiger partial charge is 0.228 e. The Morgan fingerprint density at radius 1 is 1.32 bits per heavy atom. The van der Waals surface area contributed by atoms with Crippen molar-refractivity contribution < 1.29 is 27.5 Å². The van der Waals surface area contributed by atoms with Crippen LogP contribution in [0.5, 0.6) is 0 Å². The number of allylic oxidation sites excluding steroid dienone is 3. The summed E-state index contributed by atoms with van der Waals surface area (Å²) in [5.74, 6) is -0.836. The van der Waals surface area contributed by atoms with E-state index in [4.69, 9.17) is 32.7 Å². The van der Waals surface area contributed by atoms with E-state index in [2.05, 4.69) is 10.3 Å². The summed E-state index contributed by atoms with van der Waals surface area (Å²) in [5.41, 5.74) is 0.739. The van der Waals surface area contributed by atoms with Gasteiger partial charge >= 0.3 is 0 Å². The Kier molecular flexibility index (Phi) is 7.62. The molecule has 0 spiro atoms. The van der Waals surface area contributed by atoms with E-state index in [1.54, 1.807) is 29.0 Å². The van der Waals surface area contributed by atoms with E-state index >= 15 is 0 Å². The minimum absolute atomic E-state index is 0.0170. The fourth-order valence-electron chi connectivity index (χ4n) is 5.61. The molecule has 0 aromatic rings. The molecule has 1 aliphatic carbocycles. The second kappa shape index (κ2) is 10.1. The van der Waals surface area contributed by atoms with Crippen LogP contribution in [0.1, 0.15) is 26.7 Å². The van der Waals surface area contributed by atoms with Crippen molar-refractivity contribution in [1.82, 2.24) is 15.1 Å². The SMILES string of the molecule is COC1=CC(OC)=C(Cl)C(C2CC3=CNC(S(C)(=O)=O)=NC3N(C[C@@H]3CCN(C(C)=O)C3)C2=O)C1(C)Cl. The number of rotatable bonds is 5. The van der Waals surface area contributed by atoms with Gasteiger partial charge in [0.2, 0.25) is 26.8 Å². The van der Waals surface area contributed by atoms with Crippen LogP contribution in [-0.4, -0.2) is 86.3 Å². The molecule has 4 unspecified atom stereocenters. The third-order valence-electron chi connectivity index (χ3n) is 7.52. The number of carbonyl (C=O) groups is 2. The molecule has 3 aliphatic heterocycles. The summed E-state index contributed by atoms with van der Waals surface area (Å²) in [6.07, 6.45) is 4.49. The van der Waals surface area contributed by atoms with E-state index < -0.39 is 32.7 Å².